The summed E-state index contributed by atoms with van der Waals surface area (Å²) in [4.78, 5) is 14.5. The van der Waals surface area contributed by atoms with Crippen LogP contribution in [0.15, 0.2) is 39.7 Å². The highest BCUT2D eigenvalue weighted by Gasteiger charge is 2.36. The Morgan fingerprint density at radius 2 is 2.14 bits per heavy atom. The second-order valence-electron chi connectivity index (χ2n) is 6.81. The van der Waals surface area contributed by atoms with Gasteiger partial charge in [0.25, 0.3) is 10.0 Å². The van der Waals surface area contributed by atoms with E-state index in [-0.39, 0.29) is 26.7 Å². The third kappa shape index (κ3) is 3.55. The fourth-order valence-electron chi connectivity index (χ4n) is 3.73. The van der Waals surface area contributed by atoms with Crippen LogP contribution in [-0.4, -0.2) is 40.7 Å². The maximum absolute atomic E-state index is 13.3. The zero-order chi connectivity index (χ0) is 20.8. The Bertz CT molecular complexity index is 1090. The van der Waals surface area contributed by atoms with Gasteiger partial charge in [0.1, 0.15) is 22.9 Å². The highest BCUT2D eigenvalue weighted by Crippen LogP contribution is 2.44. The number of nitrogens with zero attached hydrogens (tertiary/aromatic N) is 1. The van der Waals surface area contributed by atoms with Gasteiger partial charge in [-0.3, -0.25) is 4.72 Å². The predicted octanol–water partition coefficient (Wildman–Crippen LogP) is 3.54. The number of nitrogens with one attached hydrogen (secondary N) is 1. The standard InChI is InChI=1S/C19H18BrFN2O5S/c1-27-19(24)17-14(22-29(25,26)16-7-4-11(21)9-13(16)20)5-6-15-18(17)28-10-12-3-2-8-23(12)15/h4-7,9,12,22H,2-3,8,10H2,1H3. The number of anilines is 2. The summed E-state index contributed by atoms with van der Waals surface area (Å²) >= 11 is 3.07. The van der Waals surface area contributed by atoms with Crippen molar-refractivity contribution in [1.29, 1.82) is 0 Å². The van der Waals surface area contributed by atoms with Crippen molar-refractivity contribution in [3.05, 3.63) is 46.2 Å². The van der Waals surface area contributed by atoms with Gasteiger partial charge in [-0.2, -0.15) is 0 Å². The van der Waals surface area contributed by atoms with Crippen molar-refractivity contribution in [3.63, 3.8) is 0 Å². The van der Waals surface area contributed by atoms with Gasteiger partial charge in [0.05, 0.1) is 24.5 Å². The number of fused-ring (bicyclic) bond motifs is 3. The van der Waals surface area contributed by atoms with Crippen LogP contribution in [0, 0.1) is 5.82 Å². The van der Waals surface area contributed by atoms with Crippen molar-refractivity contribution in [1.82, 2.24) is 0 Å². The molecule has 0 saturated carbocycles. The summed E-state index contributed by atoms with van der Waals surface area (Å²) in [5.74, 6) is -0.989. The number of hydrogen-bond donors (Lipinski definition) is 1. The van der Waals surface area contributed by atoms with Gasteiger partial charge >= 0.3 is 5.97 Å². The van der Waals surface area contributed by atoms with E-state index in [1.54, 1.807) is 6.07 Å². The molecule has 0 bridgehead atoms. The second-order valence-corrected chi connectivity index (χ2v) is 9.31. The molecule has 1 atom stereocenters. The smallest absolute Gasteiger partial charge is 0.343 e. The number of esters is 1. The molecule has 29 heavy (non-hydrogen) atoms. The van der Waals surface area contributed by atoms with Crippen LogP contribution in [-0.2, 0) is 14.8 Å². The molecule has 0 aromatic heterocycles. The summed E-state index contributed by atoms with van der Waals surface area (Å²) in [6, 6.07) is 6.73. The molecule has 1 saturated heterocycles. The lowest BCUT2D eigenvalue weighted by Crippen LogP contribution is -2.38. The summed E-state index contributed by atoms with van der Waals surface area (Å²) in [6.45, 7) is 1.26. The van der Waals surface area contributed by atoms with Crippen molar-refractivity contribution in [2.75, 3.05) is 29.9 Å². The summed E-state index contributed by atoms with van der Waals surface area (Å²) in [6.07, 6.45) is 2.02. The largest absolute Gasteiger partial charge is 0.488 e. The molecule has 10 heteroatoms. The summed E-state index contributed by atoms with van der Waals surface area (Å²) in [7, 11) is -2.89. The Labute approximate surface area is 176 Å². The van der Waals surface area contributed by atoms with E-state index in [1.807, 2.05) is 0 Å². The van der Waals surface area contributed by atoms with E-state index >= 15 is 0 Å². The van der Waals surface area contributed by atoms with Crippen molar-refractivity contribution in [3.8, 4) is 5.75 Å². The molecule has 2 heterocycles. The maximum Gasteiger partial charge on any atom is 0.343 e. The molecule has 2 aromatic rings. The highest BCUT2D eigenvalue weighted by molar-refractivity contribution is 9.10. The van der Waals surface area contributed by atoms with Crippen LogP contribution in [0.3, 0.4) is 0 Å². The van der Waals surface area contributed by atoms with E-state index < -0.39 is 21.8 Å². The fraction of sp³-hybridized carbons (Fsp3) is 0.316. The average molecular weight is 485 g/mol. The number of methoxy groups -OCH3 is 1. The van der Waals surface area contributed by atoms with Crippen molar-refractivity contribution >= 4 is 43.3 Å². The molecule has 1 N–H and O–H groups in total. The second kappa shape index (κ2) is 7.49. The number of carbonyl (C=O) groups is 1. The Morgan fingerprint density at radius 1 is 1.34 bits per heavy atom. The lowest BCUT2D eigenvalue weighted by Gasteiger charge is -2.34. The first-order valence-electron chi connectivity index (χ1n) is 8.94. The zero-order valence-corrected chi connectivity index (χ0v) is 17.8. The molecule has 2 aromatic carbocycles. The SMILES string of the molecule is COC(=O)c1c(NS(=O)(=O)c2ccc(F)cc2Br)ccc2c1OCC1CCCN21. The summed E-state index contributed by atoms with van der Waals surface area (Å²) in [5.41, 5.74) is 0.784. The van der Waals surface area contributed by atoms with E-state index in [4.69, 9.17) is 9.47 Å². The van der Waals surface area contributed by atoms with Gasteiger partial charge in [-0.15, -0.1) is 0 Å². The average Bonchev–Trinajstić information content (AvgIpc) is 3.15. The quantitative estimate of drug-likeness (QED) is 0.668. The van der Waals surface area contributed by atoms with E-state index in [2.05, 4.69) is 25.6 Å². The van der Waals surface area contributed by atoms with Crippen LogP contribution in [0.1, 0.15) is 23.2 Å². The van der Waals surface area contributed by atoms with Gasteiger partial charge in [-0.1, -0.05) is 0 Å². The molecule has 1 unspecified atom stereocenters. The molecule has 2 aliphatic rings. The van der Waals surface area contributed by atoms with E-state index in [0.717, 1.165) is 43.3 Å². The van der Waals surface area contributed by atoms with Crippen LogP contribution >= 0.6 is 15.9 Å². The van der Waals surface area contributed by atoms with Crippen LogP contribution in [0.4, 0.5) is 15.8 Å². The van der Waals surface area contributed by atoms with Crippen LogP contribution in [0.5, 0.6) is 5.75 Å². The minimum absolute atomic E-state index is 0.0113. The Kier molecular flexibility index (Phi) is 5.16. The van der Waals surface area contributed by atoms with Crippen molar-refractivity contribution < 1.29 is 27.1 Å². The Hall–Kier alpha value is -2.33. The first-order chi connectivity index (χ1) is 13.8. The minimum Gasteiger partial charge on any atom is -0.488 e. The molecule has 154 valence electrons. The Balaban J connectivity index is 1.79. The van der Waals surface area contributed by atoms with Gasteiger partial charge < -0.3 is 14.4 Å². The molecule has 7 nitrogen and oxygen atoms in total. The number of ether oxygens (including phenoxy) is 2. The minimum atomic E-state index is -4.11. The molecule has 0 aliphatic carbocycles. The molecular weight excluding hydrogens is 467 g/mol. The van der Waals surface area contributed by atoms with Gasteiger partial charge in [-0.25, -0.2) is 17.6 Å². The predicted molar refractivity (Wildman–Crippen MR) is 109 cm³/mol. The fourth-order valence-corrected chi connectivity index (χ4v) is 5.85. The van der Waals surface area contributed by atoms with Crippen molar-refractivity contribution in [2.24, 2.45) is 0 Å². The molecule has 1 fully saturated rings. The van der Waals surface area contributed by atoms with Gasteiger partial charge in [0.15, 0.2) is 5.75 Å². The number of sulfonamides is 1. The molecule has 0 amide bonds. The number of carbonyl (C=O) groups excluding carboxylic acids is 1. The van der Waals surface area contributed by atoms with Crippen LogP contribution in [0.25, 0.3) is 0 Å². The summed E-state index contributed by atoms with van der Waals surface area (Å²) < 4.78 is 52.3. The lowest BCUT2D eigenvalue weighted by atomic mass is 10.1. The summed E-state index contributed by atoms with van der Waals surface area (Å²) in [5, 5.41) is 0. The third-order valence-corrected chi connectivity index (χ3v) is 7.40. The first kappa shape index (κ1) is 20.0. The first-order valence-corrected chi connectivity index (χ1v) is 11.2. The number of halogens is 2. The molecule has 4 rings (SSSR count). The topological polar surface area (TPSA) is 84.9 Å². The maximum atomic E-state index is 13.3. The third-order valence-electron chi connectivity index (χ3n) is 5.06. The van der Waals surface area contributed by atoms with Crippen LogP contribution in [0.2, 0.25) is 0 Å². The van der Waals surface area contributed by atoms with Gasteiger partial charge in [-0.05, 0) is 59.1 Å². The zero-order valence-electron chi connectivity index (χ0n) is 15.4. The molecule has 0 radical (unpaired) electrons. The van der Waals surface area contributed by atoms with Gasteiger partial charge in [0, 0.05) is 11.0 Å². The molecular formula is C19H18BrFN2O5S. The monoisotopic (exact) mass is 484 g/mol. The number of rotatable bonds is 4. The van der Waals surface area contributed by atoms with E-state index in [9.17, 15) is 17.6 Å². The number of hydrogen-bond acceptors (Lipinski definition) is 6. The normalized spacial score (nSPS) is 17.9. The van der Waals surface area contributed by atoms with Crippen molar-refractivity contribution in [2.45, 2.75) is 23.8 Å². The van der Waals surface area contributed by atoms with E-state index in [0.29, 0.717) is 12.4 Å². The van der Waals surface area contributed by atoms with E-state index in [1.165, 1.54) is 13.2 Å². The molecule has 0 spiro atoms. The Morgan fingerprint density at radius 3 is 2.86 bits per heavy atom. The highest BCUT2D eigenvalue weighted by atomic mass is 79.9. The number of benzene rings is 2. The van der Waals surface area contributed by atoms with Crippen LogP contribution < -0.4 is 14.4 Å². The lowest BCUT2D eigenvalue weighted by molar-refractivity contribution is 0.0596. The van der Waals surface area contributed by atoms with Gasteiger partial charge in [0.2, 0.25) is 0 Å². The molecule has 2 aliphatic heterocycles.